The van der Waals surface area contributed by atoms with Gasteiger partial charge in [-0.05, 0) is 44.5 Å². The summed E-state index contributed by atoms with van der Waals surface area (Å²) in [5, 5.41) is 3.40. The highest BCUT2D eigenvalue weighted by Gasteiger charge is 2.45. The third-order valence-corrected chi connectivity index (χ3v) is 5.74. The molecule has 2 saturated heterocycles. The third kappa shape index (κ3) is 2.28. The van der Waals surface area contributed by atoms with Gasteiger partial charge in [-0.15, -0.1) is 11.8 Å². The molecule has 0 radical (unpaired) electrons. The van der Waals surface area contributed by atoms with Crippen molar-refractivity contribution in [1.29, 1.82) is 0 Å². The molecule has 1 aromatic rings. The van der Waals surface area contributed by atoms with E-state index in [1.54, 1.807) is 0 Å². The van der Waals surface area contributed by atoms with Crippen LogP contribution in [0.3, 0.4) is 0 Å². The first-order valence-electron chi connectivity index (χ1n) is 6.95. The van der Waals surface area contributed by atoms with E-state index in [0.29, 0.717) is 0 Å². The van der Waals surface area contributed by atoms with Gasteiger partial charge in [0.05, 0.1) is 4.87 Å². The number of aryl methyl sites for hydroxylation is 1. The number of rotatable bonds is 1. The highest BCUT2D eigenvalue weighted by atomic mass is 32.2. The first kappa shape index (κ1) is 13.0. The summed E-state index contributed by atoms with van der Waals surface area (Å²) in [5.41, 5.74) is 1.94. The van der Waals surface area contributed by atoms with Crippen LogP contribution in [0.4, 0.5) is 0 Å². The van der Waals surface area contributed by atoms with Crippen LogP contribution < -0.4 is 5.32 Å². The van der Waals surface area contributed by atoms with Gasteiger partial charge < -0.3 is 10.2 Å². The van der Waals surface area contributed by atoms with Crippen molar-refractivity contribution >= 4 is 17.7 Å². The van der Waals surface area contributed by atoms with Gasteiger partial charge in [0.2, 0.25) is 0 Å². The second-order valence-electron chi connectivity index (χ2n) is 5.32. The number of hydrogen-bond acceptors (Lipinski definition) is 3. The molecule has 1 amide bonds. The average molecular weight is 276 g/mol. The first-order chi connectivity index (χ1) is 9.23. The van der Waals surface area contributed by atoms with E-state index < -0.39 is 0 Å². The molecule has 2 heterocycles. The Morgan fingerprint density at radius 2 is 2.05 bits per heavy atom. The number of nitrogens with zero attached hydrogens (tertiary/aromatic N) is 1. The van der Waals surface area contributed by atoms with Gasteiger partial charge in [-0.1, -0.05) is 18.2 Å². The lowest BCUT2D eigenvalue weighted by Crippen LogP contribution is -2.51. The minimum Gasteiger partial charge on any atom is -0.323 e. The topological polar surface area (TPSA) is 32.3 Å². The van der Waals surface area contributed by atoms with Crippen LogP contribution in [0.25, 0.3) is 0 Å². The molecule has 0 unspecified atom stereocenters. The number of benzene rings is 1. The van der Waals surface area contributed by atoms with E-state index in [-0.39, 0.29) is 10.8 Å². The van der Waals surface area contributed by atoms with Crippen molar-refractivity contribution in [2.45, 2.75) is 24.6 Å². The van der Waals surface area contributed by atoms with Crippen LogP contribution in [0.5, 0.6) is 0 Å². The number of nitrogens with one attached hydrogen (secondary N) is 1. The average Bonchev–Trinajstić information content (AvgIpc) is 2.82. The summed E-state index contributed by atoms with van der Waals surface area (Å²) >= 11 is 1.97. The van der Waals surface area contributed by atoms with Crippen LogP contribution in [0.1, 0.15) is 28.8 Å². The van der Waals surface area contributed by atoms with Gasteiger partial charge in [-0.25, -0.2) is 0 Å². The molecular weight excluding hydrogens is 256 g/mol. The summed E-state index contributed by atoms with van der Waals surface area (Å²) in [5.74, 6) is 1.28. The Morgan fingerprint density at radius 3 is 2.79 bits per heavy atom. The number of hydrogen-bond donors (Lipinski definition) is 1. The second kappa shape index (κ2) is 5.17. The predicted octanol–water partition coefficient (Wildman–Crippen LogP) is 2.26. The van der Waals surface area contributed by atoms with E-state index in [4.69, 9.17) is 0 Å². The fourth-order valence-electron chi connectivity index (χ4n) is 3.09. The molecule has 102 valence electrons. The molecule has 4 heteroatoms. The Morgan fingerprint density at radius 1 is 1.32 bits per heavy atom. The van der Waals surface area contributed by atoms with Crippen LogP contribution in [0.2, 0.25) is 0 Å². The molecule has 2 aliphatic heterocycles. The molecule has 1 aromatic carbocycles. The molecule has 0 bridgehead atoms. The zero-order valence-corrected chi connectivity index (χ0v) is 12.1. The van der Waals surface area contributed by atoms with E-state index in [9.17, 15) is 4.79 Å². The molecule has 0 atom stereocenters. The normalized spacial score (nSPS) is 21.8. The summed E-state index contributed by atoms with van der Waals surface area (Å²) in [6.45, 7) is 4.94. The molecule has 1 N–H and O–H groups in total. The van der Waals surface area contributed by atoms with Gasteiger partial charge in [-0.2, -0.15) is 0 Å². The van der Waals surface area contributed by atoms with Crippen molar-refractivity contribution in [2.75, 3.05) is 25.4 Å². The van der Waals surface area contributed by atoms with Gasteiger partial charge >= 0.3 is 0 Å². The number of thioether (sulfide) groups is 1. The van der Waals surface area contributed by atoms with Crippen LogP contribution in [-0.2, 0) is 0 Å². The van der Waals surface area contributed by atoms with Crippen molar-refractivity contribution in [3.63, 3.8) is 0 Å². The number of amides is 1. The van der Waals surface area contributed by atoms with Gasteiger partial charge in [0.15, 0.2) is 0 Å². The Labute approximate surface area is 118 Å². The summed E-state index contributed by atoms with van der Waals surface area (Å²) in [6, 6.07) is 7.92. The van der Waals surface area contributed by atoms with Crippen molar-refractivity contribution in [3.8, 4) is 0 Å². The SMILES string of the molecule is Cc1ccccc1C(=O)N1CCSC12CCNCC2. The maximum absolute atomic E-state index is 12.8. The van der Waals surface area contributed by atoms with Crippen molar-refractivity contribution in [1.82, 2.24) is 10.2 Å². The highest BCUT2D eigenvalue weighted by Crippen LogP contribution is 2.43. The van der Waals surface area contributed by atoms with Crippen LogP contribution >= 0.6 is 11.8 Å². The summed E-state index contributed by atoms with van der Waals surface area (Å²) in [7, 11) is 0. The standard InChI is InChI=1S/C15H20N2OS/c1-12-4-2-3-5-13(12)14(18)17-10-11-19-15(17)6-8-16-9-7-15/h2-5,16H,6-11H2,1H3. The monoisotopic (exact) mass is 276 g/mol. The second-order valence-corrected chi connectivity index (χ2v) is 6.77. The highest BCUT2D eigenvalue weighted by molar-refractivity contribution is 8.00. The van der Waals surface area contributed by atoms with Gasteiger partial charge in [0.25, 0.3) is 5.91 Å². The molecular formula is C15H20N2OS. The molecule has 0 aliphatic carbocycles. The maximum atomic E-state index is 12.8. The minimum absolute atomic E-state index is 0.0462. The van der Waals surface area contributed by atoms with Crippen molar-refractivity contribution in [2.24, 2.45) is 0 Å². The quantitative estimate of drug-likeness (QED) is 0.854. The number of carbonyl (C=O) groups is 1. The van der Waals surface area contributed by atoms with E-state index in [1.165, 1.54) is 0 Å². The zero-order valence-electron chi connectivity index (χ0n) is 11.3. The van der Waals surface area contributed by atoms with Crippen molar-refractivity contribution < 1.29 is 4.79 Å². The summed E-state index contributed by atoms with van der Waals surface area (Å²) < 4.78 is 0. The maximum Gasteiger partial charge on any atom is 0.255 e. The van der Waals surface area contributed by atoms with Gasteiger partial charge in [-0.3, -0.25) is 4.79 Å². The Bertz CT molecular complexity index is 483. The van der Waals surface area contributed by atoms with Crippen LogP contribution in [0, 0.1) is 6.92 Å². The van der Waals surface area contributed by atoms with E-state index in [2.05, 4.69) is 10.2 Å². The fraction of sp³-hybridized carbons (Fsp3) is 0.533. The lowest BCUT2D eigenvalue weighted by molar-refractivity contribution is 0.0634. The Kier molecular flexibility index (Phi) is 3.54. The molecule has 1 spiro atoms. The summed E-state index contributed by atoms with van der Waals surface area (Å²) in [6.07, 6.45) is 2.13. The lowest BCUT2D eigenvalue weighted by Gasteiger charge is -2.41. The van der Waals surface area contributed by atoms with Crippen molar-refractivity contribution in [3.05, 3.63) is 35.4 Å². The number of carbonyl (C=O) groups excluding carboxylic acids is 1. The molecule has 2 fully saturated rings. The van der Waals surface area contributed by atoms with E-state index in [1.807, 2.05) is 43.0 Å². The first-order valence-corrected chi connectivity index (χ1v) is 7.94. The molecule has 0 saturated carbocycles. The lowest BCUT2D eigenvalue weighted by atomic mass is 10.0. The Hall–Kier alpha value is -1.00. The number of piperidine rings is 1. The summed E-state index contributed by atoms with van der Waals surface area (Å²) in [4.78, 5) is 15.0. The van der Waals surface area contributed by atoms with Crippen LogP contribution in [0.15, 0.2) is 24.3 Å². The van der Waals surface area contributed by atoms with Gasteiger partial charge in [0, 0.05) is 17.9 Å². The van der Waals surface area contributed by atoms with E-state index >= 15 is 0 Å². The third-order valence-electron chi connectivity index (χ3n) is 4.18. The minimum atomic E-state index is 0.0462. The molecule has 19 heavy (non-hydrogen) atoms. The fourth-order valence-corrected chi connectivity index (χ4v) is 4.56. The molecule has 3 rings (SSSR count). The van der Waals surface area contributed by atoms with Crippen LogP contribution in [-0.4, -0.2) is 41.1 Å². The smallest absolute Gasteiger partial charge is 0.255 e. The Balaban J connectivity index is 1.88. The van der Waals surface area contributed by atoms with E-state index in [0.717, 1.165) is 49.4 Å². The zero-order chi connectivity index (χ0) is 13.3. The largest absolute Gasteiger partial charge is 0.323 e. The molecule has 2 aliphatic rings. The molecule has 3 nitrogen and oxygen atoms in total. The predicted molar refractivity (Wildman–Crippen MR) is 79.5 cm³/mol. The molecule has 0 aromatic heterocycles. The van der Waals surface area contributed by atoms with Gasteiger partial charge in [0.1, 0.15) is 0 Å².